The van der Waals surface area contributed by atoms with E-state index >= 15 is 0 Å². The van der Waals surface area contributed by atoms with E-state index in [0.717, 1.165) is 21.0 Å². The van der Waals surface area contributed by atoms with Gasteiger partial charge < -0.3 is 11.1 Å². The van der Waals surface area contributed by atoms with Gasteiger partial charge in [0, 0.05) is 27.1 Å². The summed E-state index contributed by atoms with van der Waals surface area (Å²) < 4.78 is 1.06. The molecule has 0 aliphatic heterocycles. The van der Waals surface area contributed by atoms with Gasteiger partial charge in [-0.05, 0) is 66.1 Å². The number of hydrogen-bond acceptors (Lipinski definition) is 3. The predicted molar refractivity (Wildman–Crippen MR) is 81.9 cm³/mol. The molecule has 2 nitrogen and oxygen atoms in total. The highest BCUT2D eigenvalue weighted by atomic mass is 79.9. The van der Waals surface area contributed by atoms with E-state index in [2.05, 4.69) is 33.6 Å². The fourth-order valence-electron chi connectivity index (χ4n) is 2.31. The van der Waals surface area contributed by atoms with Crippen molar-refractivity contribution in [2.24, 2.45) is 0 Å². The molecule has 94 valence electrons. The molecule has 0 spiro atoms. The first kappa shape index (κ1) is 13.1. The number of benzene rings is 1. The zero-order chi connectivity index (χ0) is 12.4. The molecule has 0 bridgehead atoms. The number of aryl methyl sites for hydroxylation is 1. The van der Waals surface area contributed by atoms with Crippen LogP contribution in [0, 0.1) is 6.92 Å². The summed E-state index contributed by atoms with van der Waals surface area (Å²) in [6, 6.07) is 4.72. The van der Waals surface area contributed by atoms with Gasteiger partial charge in [0.25, 0.3) is 0 Å². The Labute approximate surface area is 116 Å². The van der Waals surface area contributed by atoms with Gasteiger partial charge in [0.2, 0.25) is 0 Å². The minimum absolute atomic E-state index is 0.603. The minimum atomic E-state index is 0.603. The number of rotatable bonds is 3. The minimum Gasteiger partial charge on any atom is -0.398 e. The van der Waals surface area contributed by atoms with Crippen molar-refractivity contribution in [3.63, 3.8) is 0 Å². The van der Waals surface area contributed by atoms with E-state index < -0.39 is 0 Å². The lowest BCUT2D eigenvalue weighted by Crippen LogP contribution is -2.16. The standard InChI is InChI=1S/C13H19BrN2S/c1-8-5-13(11(14)7-12(8)15)16-9-3-4-10(6-9)17-2/h5,7,9-10,16H,3-4,6,15H2,1-2H3. The van der Waals surface area contributed by atoms with Crippen molar-refractivity contribution in [2.75, 3.05) is 17.3 Å². The van der Waals surface area contributed by atoms with Gasteiger partial charge >= 0.3 is 0 Å². The number of nitrogens with two attached hydrogens (primary N) is 1. The molecule has 0 heterocycles. The summed E-state index contributed by atoms with van der Waals surface area (Å²) in [5.74, 6) is 0. The monoisotopic (exact) mass is 314 g/mol. The van der Waals surface area contributed by atoms with Crippen molar-refractivity contribution in [3.8, 4) is 0 Å². The van der Waals surface area contributed by atoms with Crippen LogP contribution in [0.1, 0.15) is 24.8 Å². The van der Waals surface area contributed by atoms with Crippen molar-refractivity contribution in [2.45, 2.75) is 37.5 Å². The highest BCUT2D eigenvalue weighted by Gasteiger charge is 2.24. The lowest BCUT2D eigenvalue weighted by atomic mass is 10.1. The normalized spacial score (nSPS) is 23.9. The van der Waals surface area contributed by atoms with E-state index in [-0.39, 0.29) is 0 Å². The number of anilines is 2. The van der Waals surface area contributed by atoms with Crippen molar-refractivity contribution in [3.05, 3.63) is 22.2 Å². The third-order valence-corrected chi connectivity index (χ3v) is 5.18. The molecular weight excluding hydrogens is 296 g/mol. The Morgan fingerprint density at radius 1 is 1.41 bits per heavy atom. The molecular formula is C13H19BrN2S. The van der Waals surface area contributed by atoms with Crippen LogP contribution in [-0.4, -0.2) is 17.5 Å². The smallest absolute Gasteiger partial charge is 0.0490 e. The molecule has 3 N–H and O–H groups in total. The van der Waals surface area contributed by atoms with Crippen LogP contribution in [0.4, 0.5) is 11.4 Å². The first-order chi connectivity index (χ1) is 8.10. The van der Waals surface area contributed by atoms with Gasteiger partial charge in [-0.2, -0.15) is 11.8 Å². The van der Waals surface area contributed by atoms with E-state index in [4.69, 9.17) is 5.73 Å². The Hall–Kier alpha value is -0.350. The van der Waals surface area contributed by atoms with Crippen LogP contribution in [0.3, 0.4) is 0 Å². The molecule has 1 aliphatic rings. The van der Waals surface area contributed by atoms with E-state index in [1.807, 2.05) is 24.8 Å². The van der Waals surface area contributed by atoms with E-state index in [0.29, 0.717) is 6.04 Å². The maximum absolute atomic E-state index is 5.88. The second-order valence-electron chi connectivity index (χ2n) is 4.70. The number of nitrogens with one attached hydrogen (secondary N) is 1. The highest BCUT2D eigenvalue weighted by Crippen LogP contribution is 2.33. The van der Waals surface area contributed by atoms with Gasteiger partial charge in [-0.3, -0.25) is 0 Å². The zero-order valence-corrected chi connectivity index (χ0v) is 12.7. The van der Waals surface area contributed by atoms with Crippen LogP contribution in [0.5, 0.6) is 0 Å². The van der Waals surface area contributed by atoms with E-state index in [1.165, 1.54) is 24.9 Å². The molecule has 2 unspecified atom stereocenters. The predicted octanol–water partition coefficient (Wildman–Crippen LogP) is 4.04. The lowest BCUT2D eigenvalue weighted by molar-refractivity contribution is 0.756. The molecule has 0 saturated heterocycles. The fraction of sp³-hybridized carbons (Fsp3) is 0.538. The fourth-order valence-corrected chi connectivity index (χ4v) is 3.58. The summed E-state index contributed by atoms with van der Waals surface area (Å²) in [5, 5.41) is 4.45. The average Bonchev–Trinajstić information content (AvgIpc) is 2.73. The van der Waals surface area contributed by atoms with Crippen LogP contribution in [0.25, 0.3) is 0 Å². The molecule has 2 atom stereocenters. The summed E-state index contributed by atoms with van der Waals surface area (Å²) in [6.07, 6.45) is 6.05. The molecule has 17 heavy (non-hydrogen) atoms. The van der Waals surface area contributed by atoms with Gasteiger partial charge in [0.05, 0.1) is 0 Å². The average molecular weight is 315 g/mol. The van der Waals surface area contributed by atoms with Crippen LogP contribution in [0.15, 0.2) is 16.6 Å². The summed E-state index contributed by atoms with van der Waals surface area (Å²) in [4.78, 5) is 0. The highest BCUT2D eigenvalue weighted by molar-refractivity contribution is 9.10. The van der Waals surface area contributed by atoms with Gasteiger partial charge in [0.1, 0.15) is 0 Å². The quantitative estimate of drug-likeness (QED) is 0.827. The number of halogens is 1. The Bertz CT molecular complexity index is 409. The maximum atomic E-state index is 5.88. The SMILES string of the molecule is CSC1CCC(Nc2cc(C)c(N)cc2Br)C1. The molecule has 0 amide bonds. The van der Waals surface area contributed by atoms with Crippen molar-refractivity contribution in [1.29, 1.82) is 0 Å². The van der Waals surface area contributed by atoms with Crippen LogP contribution in [-0.2, 0) is 0 Å². The Morgan fingerprint density at radius 3 is 2.82 bits per heavy atom. The molecule has 0 aromatic heterocycles. The van der Waals surface area contributed by atoms with Crippen molar-refractivity contribution >= 4 is 39.1 Å². The van der Waals surface area contributed by atoms with Crippen molar-refractivity contribution in [1.82, 2.24) is 0 Å². The molecule has 1 aromatic carbocycles. The van der Waals surface area contributed by atoms with Crippen molar-refractivity contribution < 1.29 is 0 Å². The van der Waals surface area contributed by atoms with Gasteiger partial charge in [0.15, 0.2) is 0 Å². The molecule has 0 radical (unpaired) electrons. The van der Waals surface area contributed by atoms with Crippen LogP contribution in [0.2, 0.25) is 0 Å². The third-order valence-electron chi connectivity index (χ3n) is 3.43. The largest absolute Gasteiger partial charge is 0.398 e. The lowest BCUT2D eigenvalue weighted by Gasteiger charge is -2.17. The molecule has 2 rings (SSSR count). The Morgan fingerprint density at radius 2 is 2.18 bits per heavy atom. The first-order valence-corrected chi connectivity index (χ1v) is 8.03. The second kappa shape index (κ2) is 5.53. The van der Waals surface area contributed by atoms with Crippen LogP contribution >= 0.6 is 27.7 Å². The first-order valence-electron chi connectivity index (χ1n) is 5.95. The van der Waals surface area contributed by atoms with Gasteiger partial charge in [-0.15, -0.1) is 0 Å². The maximum Gasteiger partial charge on any atom is 0.0490 e. The van der Waals surface area contributed by atoms with E-state index in [1.54, 1.807) is 0 Å². The zero-order valence-electron chi connectivity index (χ0n) is 10.3. The van der Waals surface area contributed by atoms with E-state index in [9.17, 15) is 0 Å². The third kappa shape index (κ3) is 3.10. The Kier molecular flexibility index (Phi) is 4.26. The molecule has 1 aliphatic carbocycles. The summed E-state index contributed by atoms with van der Waals surface area (Å²) in [6.45, 7) is 2.05. The molecule has 1 aromatic rings. The number of thioether (sulfide) groups is 1. The Balaban J connectivity index is 2.06. The molecule has 4 heteroatoms. The second-order valence-corrected chi connectivity index (χ2v) is 6.69. The van der Waals surface area contributed by atoms with Crippen LogP contribution < -0.4 is 11.1 Å². The van der Waals surface area contributed by atoms with Gasteiger partial charge in [-0.1, -0.05) is 0 Å². The number of nitrogen functional groups attached to an aromatic ring is 1. The topological polar surface area (TPSA) is 38.0 Å². The van der Waals surface area contributed by atoms with Gasteiger partial charge in [-0.25, -0.2) is 0 Å². The molecule has 1 saturated carbocycles. The summed E-state index contributed by atoms with van der Waals surface area (Å²) in [5.41, 5.74) is 9.03. The summed E-state index contributed by atoms with van der Waals surface area (Å²) >= 11 is 5.56. The summed E-state index contributed by atoms with van der Waals surface area (Å²) in [7, 11) is 0. The molecule has 1 fully saturated rings. The number of hydrogen-bond donors (Lipinski definition) is 2.